The molecule has 1 heterocycles. The fourth-order valence-electron chi connectivity index (χ4n) is 4.40. The number of likely N-dealkylation sites (tertiary alicyclic amines) is 1. The number of benzene rings is 3. The summed E-state index contributed by atoms with van der Waals surface area (Å²) in [7, 11) is 0. The van der Waals surface area contributed by atoms with Gasteiger partial charge in [0.05, 0.1) is 5.56 Å². The topological polar surface area (TPSA) is 23.6 Å². The van der Waals surface area contributed by atoms with Crippen LogP contribution in [0.1, 0.15) is 39.9 Å². The Morgan fingerprint density at radius 3 is 2.29 bits per heavy atom. The van der Waals surface area contributed by atoms with E-state index in [4.69, 9.17) is 11.6 Å². The Kier molecular flexibility index (Phi) is 7.59. The summed E-state index contributed by atoms with van der Waals surface area (Å²) in [4.78, 5) is 17.5. The van der Waals surface area contributed by atoms with Gasteiger partial charge < -0.3 is 4.90 Å². The highest BCUT2D eigenvalue weighted by atomic mass is 35.5. The van der Waals surface area contributed by atoms with Crippen molar-refractivity contribution in [3.05, 3.63) is 106 Å². The number of halogens is 4. The Morgan fingerprint density at radius 1 is 0.941 bits per heavy atom. The van der Waals surface area contributed by atoms with Crippen molar-refractivity contribution in [3.8, 4) is 0 Å². The lowest BCUT2D eigenvalue weighted by atomic mass is 9.99. The quantitative estimate of drug-likeness (QED) is 0.388. The van der Waals surface area contributed by atoms with E-state index in [9.17, 15) is 18.0 Å². The molecule has 3 aromatic rings. The van der Waals surface area contributed by atoms with Gasteiger partial charge >= 0.3 is 6.18 Å². The van der Waals surface area contributed by atoms with Gasteiger partial charge in [0.1, 0.15) is 0 Å². The number of rotatable bonds is 6. The molecular weight excluding hydrogens is 461 g/mol. The maximum absolute atomic E-state index is 13.5. The third-order valence-electron chi connectivity index (χ3n) is 6.24. The molecule has 7 heteroatoms. The molecule has 0 aromatic heterocycles. The van der Waals surface area contributed by atoms with Crippen LogP contribution in [0.15, 0.2) is 78.9 Å². The van der Waals surface area contributed by atoms with Crippen molar-refractivity contribution >= 4 is 17.5 Å². The largest absolute Gasteiger partial charge is 0.416 e. The van der Waals surface area contributed by atoms with Crippen molar-refractivity contribution in [3.63, 3.8) is 0 Å². The molecule has 3 nitrogen and oxygen atoms in total. The fourth-order valence-corrected chi connectivity index (χ4v) is 4.60. The van der Waals surface area contributed by atoms with Crippen LogP contribution in [0.25, 0.3) is 0 Å². The predicted molar refractivity (Wildman–Crippen MR) is 128 cm³/mol. The number of carbonyl (C=O) groups is 1. The first-order valence-corrected chi connectivity index (χ1v) is 11.7. The van der Waals surface area contributed by atoms with E-state index in [-0.39, 0.29) is 18.2 Å². The summed E-state index contributed by atoms with van der Waals surface area (Å²) in [5.74, 6) is -0.410. The molecule has 0 unspecified atom stereocenters. The molecule has 3 aromatic carbocycles. The van der Waals surface area contributed by atoms with Gasteiger partial charge in [-0.25, -0.2) is 0 Å². The number of carbonyl (C=O) groups excluding carboxylic acids is 1. The van der Waals surface area contributed by atoms with Gasteiger partial charge in [0, 0.05) is 42.8 Å². The van der Waals surface area contributed by atoms with Gasteiger partial charge in [-0.3, -0.25) is 9.69 Å². The van der Waals surface area contributed by atoms with Gasteiger partial charge in [0.15, 0.2) is 0 Å². The van der Waals surface area contributed by atoms with Crippen LogP contribution in [0.2, 0.25) is 5.02 Å². The maximum atomic E-state index is 13.5. The van der Waals surface area contributed by atoms with Gasteiger partial charge in [-0.2, -0.15) is 13.2 Å². The van der Waals surface area contributed by atoms with Gasteiger partial charge in [0.2, 0.25) is 0 Å². The zero-order chi connectivity index (χ0) is 24.1. The van der Waals surface area contributed by atoms with Crippen LogP contribution in [-0.4, -0.2) is 34.8 Å². The lowest BCUT2D eigenvalue weighted by Crippen LogP contribution is -2.47. The lowest BCUT2D eigenvalue weighted by molar-refractivity contribution is -0.137. The average Bonchev–Trinajstić information content (AvgIpc) is 2.84. The first-order valence-electron chi connectivity index (χ1n) is 11.3. The molecule has 4 rings (SSSR count). The molecule has 0 N–H and O–H groups in total. The monoisotopic (exact) mass is 486 g/mol. The molecule has 1 amide bonds. The third kappa shape index (κ3) is 5.99. The van der Waals surface area contributed by atoms with Crippen molar-refractivity contribution < 1.29 is 18.0 Å². The highest BCUT2D eigenvalue weighted by Gasteiger charge is 2.33. The number of hydrogen-bond acceptors (Lipinski definition) is 2. The summed E-state index contributed by atoms with van der Waals surface area (Å²) in [6.07, 6.45) is -3.03. The molecule has 34 heavy (non-hydrogen) atoms. The van der Waals surface area contributed by atoms with Crippen molar-refractivity contribution in [2.75, 3.05) is 13.1 Å². The maximum Gasteiger partial charge on any atom is 0.416 e. The molecule has 0 bridgehead atoms. The molecule has 0 radical (unpaired) electrons. The van der Waals surface area contributed by atoms with Gasteiger partial charge in [-0.1, -0.05) is 66.2 Å². The summed E-state index contributed by atoms with van der Waals surface area (Å²) < 4.78 is 39.8. The second-order valence-corrected chi connectivity index (χ2v) is 9.00. The van der Waals surface area contributed by atoms with Gasteiger partial charge in [0.25, 0.3) is 5.91 Å². The molecule has 178 valence electrons. The summed E-state index contributed by atoms with van der Waals surface area (Å²) in [6, 6.07) is 22.0. The highest BCUT2D eigenvalue weighted by Crippen LogP contribution is 2.31. The van der Waals surface area contributed by atoms with E-state index in [0.29, 0.717) is 5.02 Å². The van der Waals surface area contributed by atoms with Crippen molar-refractivity contribution in [2.45, 2.75) is 38.1 Å². The van der Waals surface area contributed by atoms with E-state index < -0.39 is 17.6 Å². The summed E-state index contributed by atoms with van der Waals surface area (Å²) >= 11 is 6.36. The molecule has 1 fully saturated rings. The van der Waals surface area contributed by atoms with E-state index in [1.165, 1.54) is 17.7 Å². The predicted octanol–water partition coefficient (Wildman–Crippen LogP) is 6.67. The average molecular weight is 487 g/mol. The number of alkyl halides is 3. The Bertz CT molecular complexity index is 1110. The lowest BCUT2D eigenvalue weighted by Gasteiger charge is -2.39. The Balaban J connectivity index is 1.54. The van der Waals surface area contributed by atoms with E-state index >= 15 is 0 Å². The SMILES string of the molecule is O=C(c1cccc(C(F)(F)F)c1)N(Cc1ccccc1Cl)C1CCN(Cc2ccccc2)CC1. The number of amides is 1. The van der Waals surface area contributed by atoms with E-state index in [1.807, 2.05) is 36.4 Å². The Morgan fingerprint density at radius 2 is 1.62 bits per heavy atom. The Labute approximate surface area is 202 Å². The van der Waals surface area contributed by atoms with Gasteiger partial charge in [-0.15, -0.1) is 0 Å². The first-order chi connectivity index (χ1) is 16.3. The van der Waals surface area contributed by atoms with Crippen LogP contribution in [-0.2, 0) is 19.3 Å². The van der Waals surface area contributed by atoms with Crippen LogP contribution in [0.3, 0.4) is 0 Å². The molecule has 1 aliphatic rings. The molecule has 1 aliphatic heterocycles. The molecule has 0 spiro atoms. The second kappa shape index (κ2) is 10.6. The minimum Gasteiger partial charge on any atom is -0.331 e. The standard InChI is InChI=1S/C27H26ClF3N2O/c28-25-12-5-4-9-22(25)19-33(26(34)21-10-6-11-23(17-21)27(29,30)31)24-13-15-32(16-14-24)18-20-7-2-1-3-8-20/h1-12,17,24H,13-16,18-19H2. The number of piperidine rings is 1. The van der Waals surface area contributed by atoms with E-state index in [1.54, 1.807) is 11.0 Å². The molecular formula is C27H26ClF3N2O. The minimum absolute atomic E-state index is 0.0357. The molecule has 0 aliphatic carbocycles. The van der Waals surface area contributed by atoms with Crippen LogP contribution < -0.4 is 0 Å². The number of nitrogens with zero attached hydrogens (tertiary/aromatic N) is 2. The normalized spacial score (nSPS) is 15.3. The fraction of sp³-hybridized carbons (Fsp3) is 0.296. The van der Waals surface area contributed by atoms with Crippen LogP contribution in [0, 0.1) is 0 Å². The molecule has 0 atom stereocenters. The van der Waals surface area contributed by atoms with Crippen LogP contribution in [0.5, 0.6) is 0 Å². The summed E-state index contributed by atoms with van der Waals surface area (Å²) in [6.45, 7) is 2.68. The first kappa shape index (κ1) is 24.3. The highest BCUT2D eigenvalue weighted by molar-refractivity contribution is 6.31. The minimum atomic E-state index is -4.51. The van der Waals surface area contributed by atoms with Crippen molar-refractivity contribution in [1.82, 2.24) is 9.80 Å². The molecule has 0 saturated carbocycles. The smallest absolute Gasteiger partial charge is 0.331 e. The number of hydrogen-bond donors (Lipinski definition) is 0. The van der Waals surface area contributed by atoms with Crippen molar-refractivity contribution in [2.24, 2.45) is 0 Å². The summed E-state index contributed by atoms with van der Waals surface area (Å²) in [5.41, 5.74) is 1.22. The third-order valence-corrected chi connectivity index (χ3v) is 6.61. The van der Waals surface area contributed by atoms with Crippen LogP contribution in [0.4, 0.5) is 13.2 Å². The van der Waals surface area contributed by atoms with Crippen LogP contribution >= 0.6 is 11.6 Å². The summed E-state index contributed by atoms with van der Waals surface area (Å²) in [5, 5.41) is 0.533. The van der Waals surface area contributed by atoms with E-state index in [2.05, 4.69) is 17.0 Å². The zero-order valence-corrected chi connectivity index (χ0v) is 19.4. The Hall–Kier alpha value is -2.83. The van der Waals surface area contributed by atoms with Gasteiger partial charge in [-0.05, 0) is 48.2 Å². The van der Waals surface area contributed by atoms with Crippen molar-refractivity contribution in [1.29, 1.82) is 0 Å². The molecule has 1 saturated heterocycles. The van der Waals surface area contributed by atoms with E-state index in [0.717, 1.165) is 50.2 Å². The zero-order valence-electron chi connectivity index (χ0n) is 18.6. The second-order valence-electron chi connectivity index (χ2n) is 8.60.